The Bertz CT molecular complexity index is 1070. The molecule has 2 amide bonds. The Hall–Kier alpha value is -3.12. The minimum atomic E-state index is -0.386. The third-order valence-electron chi connectivity index (χ3n) is 4.68. The smallest absolute Gasteiger partial charge is 0.255 e. The van der Waals surface area contributed by atoms with E-state index in [1.807, 2.05) is 49.4 Å². The topological polar surface area (TPSA) is 49.4 Å². The number of carbonyl (C=O) groups excluding carboxylic acids is 2. The number of halogens is 1. The largest absolute Gasteiger partial charge is 0.322 e. The van der Waals surface area contributed by atoms with Gasteiger partial charge in [0, 0.05) is 16.9 Å². The summed E-state index contributed by atoms with van der Waals surface area (Å²) in [5, 5.41) is 2.68. The molecule has 3 aromatic carbocycles. The molecule has 0 bridgehead atoms. The standard InChI is InChI=1S/C23H19FN2O2S/c1-15-4-2-7-20(12-15)26-21(27)14-29-23(26)17-5-3-6-19(13-17)25-22(28)16-8-10-18(24)11-9-16/h2-13,23H,14H2,1H3,(H,25,28)/t23-/m1/s1. The molecule has 3 aromatic rings. The summed E-state index contributed by atoms with van der Waals surface area (Å²) in [5.41, 5.74) is 3.89. The second kappa shape index (κ2) is 8.09. The Morgan fingerprint density at radius 3 is 2.59 bits per heavy atom. The highest BCUT2D eigenvalue weighted by molar-refractivity contribution is 8.00. The molecule has 0 radical (unpaired) electrons. The maximum absolute atomic E-state index is 13.1. The second-order valence-corrected chi connectivity index (χ2v) is 7.92. The Kier molecular flexibility index (Phi) is 5.36. The molecule has 1 saturated heterocycles. The van der Waals surface area contributed by atoms with Crippen molar-refractivity contribution in [2.24, 2.45) is 0 Å². The van der Waals surface area contributed by atoms with Crippen LogP contribution in [0.3, 0.4) is 0 Å². The van der Waals surface area contributed by atoms with Gasteiger partial charge in [-0.05, 0) is 66.6 Å². The number of hydrogen-bond acceptors (Lipinski definition) is 3. The summed E-state index contributed by atoms with van der Waals surface area (Å²) in [6.07, 6.45) is 0. The van der Waals surface area contributed by atoms with Crippen LogP contribution in [0.2, 0.25) is 0 Å². The summed E-state index contributed by atoms with van der Waals surface area (Å²) in [7, 11) is 0. The summed E-state index contributed by atoms with van der Waals surface area (Å²) < 4.78 is 13.1. The number of thioether (sulfide) groups is 1. The van der Waals surface area contributed by atoms with E-state index in [1.165, 1.54) is 24.3 Å². The van der Waals surface area contributed by atoms with Crippen molar-refractivity contribution in [2.75, 3.05) is 16.0 Å². The lowest BCUT2D eigenvalue weighted by Crippen LogP contribution is -2.27. The molecule has 0 aliphatic carbocycles. The minimum absolute atomic E-state index is 0.0614. The van der Waals surface area contributed by atoms with Crippen LogP contribution in [0.15, 0.2) is 72.8 Å². The van der Waals surface area contributed by atoms with Crippen LogP contribution in [0.4, 0.5) is 15.8 Å². The van der Waals surface area contributed by atoms with Crippen LogP contribution in [0, 0.1) is 12.7 Å². The van der Waals surface area contributed by atoms with Crippen molar-refractivity contribution in [1.29, 1.82) is 0 Å². The van der Waals surface area contributed by atoms with E-state index in [2.05, 4.69) is 5.32 Å². The molecule has 0 saturated carbocycles. The molecule has 4 nitrogen and oxygen atoms in total. The number of benzene rings is 3. The van der Waals surface area contributed by atoms with E-state index >= 15 is 0 Å². The monoisotopic (exact) mass is 406 g/mol. The van der Waals surface area contributed by atoms with Crippen LogP contribution >= 0.6 is 11.8 Å². The van der Waals surface area contributed by atoms with E-state index in [0.29, 0.717) is 17.0 Å². The zero-order chi connectivity index (χ0) is 20.4. The first-order valence-corrected chi connectivity index (χ1v) is 10.2. The molecule has 146 valence electrons. The molecule has 0 aromatic heterocycles. The van der Waals surface area contributed by atoms with E-state index in [0.717, 1.165) is 16.8 Å². The Balaban J connectivity index is 1.58. The Labute approximate surface area is 172 Å². The molecule has 0 unspecified atom stereocenters. The van der Waals surface area contributed by atoms with Crippen molar-refractivity contribution >= 4 is 35.0 Å². The number of anilines is 2. The van der Waals surface area contributed by atoms with Gasteiger partial charge in [0.1, 0.15) is 11.2 Å². The lowest BCUT2D eigenvalue weighted by molar-refractivity contribution is -0.115. The van der Waals surface area contributed by atoms with Crippen molar-refractivity contribution in [3.8, 4) is 0 Å². The maximum Gasteiger partial charge on any atom is 0.255 e. The van der Waals surface area contributed by atoms with Crippen LogP contribution < -0.4 is 10.2 Å². The predicted octanol–water partition coefficient (Wildman–Crippen LogP) is 5.17. The Morgan fingerprint density at radius 2 is 1.83 bits per heavy atom. The third-order valence-corrected chi connectivity index (χ3v) is 5.90. The van der Waals surface area contributed by atoms with Crippen molar-refractivity contribution in [3.05, 3.63) is 95.3 Å². The normalized spacial score (nSPS) is 16.1. The van der Waals surface area contributed by atoms with Crippen LogP contribution in [-0.2, 0) is 4.79 Å². The average Bonchev–Trinajstić information content (AvgIpc) is 3.10. The molecule has 1 atom stereocenters. The number of nitrogens with one attached hydrogen (secondary N) is 1. The molecular formula is C23H19FN2O2S. The van der Waals surface area contributed by atoms with Crippen LogP contribution in [0.25, 0.3) is 0 Å². The molecular weight excluding hydrogens is 387 g/mol. The first-order chi connectivity index (χ1) is 14.0. The summed E-state index contributed by atoms with van der Waals surface area (Å²) >= 11 is 1.56. The summed E-state index contributed by atoms with van der Waals surface area (Å²) in [6.45, 7) is 2.00. The number of rotatable bonds is 4. The van der Waals surface area contributed by atoms with E-state index in [4.69, 9.17) is 0 Å². The fourth-order valence-electron chi connectivity index (χ4n) is 3.30. The predicted molar refractivity (Wildman–Crippen MR) is 115 cm³/mol. The molecule has 6 heteroatoms. The first-order valence-electron chi connectivity index (χ1n) is 9.18. The van der Waals surface area contributed by atoms with Crippen LogP contribution in [0.5, 0.6) is 0 Å². The molecule has 1 heterocycles. The van der Waals surface area contributed by atoms with Crippen LogP contribution in [-0.4, -0.2) is 17.6 Å². The summed E-state index contributed by atoms with van der Waals surface area (Å²) in [4.78, 5) is 26.8. The van der Waals surface area contributed by atoms with Gasteiger partial charge >= 0.3 is 0 Å². The fraction of sp³-hybridized carbons (Fsp3) is 0.130. The van der Waals surface area contributed by atoms with E-state index in [1.54, 1.807) is 22.7 Å². The van der Waals surface area contributed by atoms with Crippen molar-refractivity contribution in [1.82, 2.24) is 0 Å². The minimum Gasteiger partial charge on any atom is -0.322 e. The van der Waals surface area contributed by atoms with Gasteiger partial charge in [-0.25, -0.2) is 4.39 Å². The fourth-order valence-corrected chi connectivity index (χ4v) is 4.47. The third kappa shape index (κ3) is 4.17. The van der Waals surface area contributed by atoms with Crippen molar-refractivity contribution in [3.63, 3.8) is 0 Å². The van der Waals surface area contributed by atoms with E-state index < -0.39 is 0 Å². The van der Waals surface area contributed by atoms with Gasteiger partial charge in [-0.15, -0.1) is 11.8 Å². The van der Waals surface area contributed by atoms with Crippen molar-refractivity contribution in [2.45, 2.75) is 12.3 Å². The molecule has 1 fully saturated rings. The molecule has 29 heavy (non-hydrogen) atoms. The summed E-state index contributed by atoms with van der Waals surface area (Å²) in [5.74, 6) is -0.230. The maximum atomic E-state index is 13.1. The van der Waals surface area contributed by atoms with Crippen LogP contribution in [0.1, 0.15) is 26.9 Å². The number of nitrogens with zero attached hydrogens (tertiary/aromatic N) is 1. The Morgan fingerprint density at radius 1 is 1.07 bits per heavy atom. The number of hydrogen-bond donors (Lipinski definition) is 1. The van der Waals surface area contributed by atoms with E-state index in [-0.39, 0.29) is 23.0 Å². The van der Waals surface area contributed by atoms with Gasteiger partial charge in [0.25, 0.3) is 5.91 Å². The number of carbonyl (C=O) groups is 2. The lowest BCUT2D eigenvalue weighted by atomic mass is 10.1. The van der Waals surface area contributed by atoms with Gasteiger partial charge in [-0.1, -0.05) is 24.3 Å². The average molecular weight is 406 g/mol. The molecule has 1 aliphatic rings. The highest BCUT2D eigenvalue weighted by Crippen LogP contribution is 2.42. The van der Waals surface area contributed by atoms with Gasteiger partial charge < -0.3 is 5.32 Å². The second-order valence-electron chi connectivity index (χ2n) is 6.85. The molecule has 0 spiro atoms. The zero-order valence-electron chi connectivity index (χ0n) is 15.8. The quantitative estimate of drug-likeness (QED) is 0.651. The lowest BCUT2D eigenvalue weighted by Gasteiger charge is -2.25. The van der Waals surface area contributed by atoms with Gasteiger partial charge in [0.15, 0.2) is 0 Å². The summed E-state index contributed by atoms with van der Waals surface area (Å²) in [6, 6.07) is 20.7. The van der Waals surface area contributed by atoms with E-state index in [9.17, 15) is 14.0 Å². The highest BCUT2D eigenvalue weighted by atomic mass is 32.2. The highest BCUT2D eigenvalue weighted by Gasteiger charge is 2.34. The number of amides is 2. The SMILES string of the molecule is Cc1cccc(N2C(=O)CS[C@@H]2c2cccc(NC(=O)c3ccc(F)cc3)c2)c1. The van der Waals surface area contributed by atoms with Gasteiger partial charge in [-0.2, -0.15) is 0 Å². The van der Waals surface area contributed by atoms with Gasteiger partial charge in [0.2, 0.25) is 5.91 Å². The van der Waals surface area contributed by atoms with Gasteiger partial charge in [0.05, 0.1) is 5.75 Å². The van der Waals surface area contributed by atoms with Crippen molar-refractivity contribution < 1.29 is 14.0 Å². The van der Waals surface area contributed by atoms with Gasteiger partial charge in [-0.3, -0.25) is 14.5 Å². The molecule has 4 rings (SSSR count). The number of aryl methyl sites for hydroxylation is 1. The molecule has 1 aliphatic heterocycles. The first kappa shape index (κ1) is 19.2. The molecule has 1 N–H and O–H groups in total. The zero-order valence-corrected chi connectivity index (χ0v) is 16.6.